The van der Waals surface area contributed by atoms with Crippen molar-refractivity contribution in [2.75, 3.05) is 11.4 Å². The van der Waals surface area contributed by atoms with Crippen molar-refractivity contribution in [2.24, 2.45) is 5.92 Å². The van der Waals surface area contributed by atoms with Gasteiger partial charge in [0.25, 0.3) is 5.71 Å². The maximum absolute atomic E-state index is 6.80. The van der Waals surface area contributed by atoms with Crippen LogP contribution in [0.4, 0.5) is 5.69 Å². The molecule has 1 atom stereocenters. The predicted octanol–water partition coefficient (Wildman–Crippen LogP) is 5.00. The van der Waals surface area contributed by atoms with Gasteiger partial charge in [-0.05, 0) is 45.6 Å². The number of hydrogen-bond donors (Lipinski definition) is 0. The van der Waals surface area contributed by atoms with Crippen molar-refractivity contribution in [1.29, 1.82) is 0 Å². The molecule has 0 bridgehead atoms. The number of nitrogens with zero attached hydrogens (tertiary/aromatic N) is 5. The van der Waals surface area contributed by atoms with E-state index in [0.29, 0.717) is 11.6 Å². The highest BCUT2D eigenvalue weighted by Crippen LogP contribution is 2.43. The van der Waals surface area contributed by atoms with E-state index in [4.69, 9.17) is 21.2 Å². The zero-order chi connectivity index (χ0) is 19.3. The summed E-state index contributed by atoms with van der Waals surface area (Å²) < 4.78 is 7.39. The normalized spacial score (nSPS) is 17.6. The summed E-state index contributed by atoms with van der Waals surface area (Å²) in [6.45, 7) is 12.2. The van der Waals surface area contributed by atoms with Gasteiger partial charge in [-0.15, -0.1) is 0 Å². The summed E-state index contributed by atoms with van der Waals surface area (Å²) in [7, 11) is 0. The van der Waals surface area contributed by atoms with Gasteiger partial charge in [0.2, 0.25) is 0 Å². The summed E-state index contributed by atoms with van der Waals surface area (Å²) in [6, 6.07) is 2.34. The Bertz CT molecular complexity index is 990. The summed E-state index contributed by atoms with van der Waals surface area (Å²) in [5.41, 5.74) is 5.69. The lowest BCUT2D eigenvalue weighted by molar-refractivity contribution is 0.442. The van der Waals surface area contributed by atoms with Crippen molar-refractivity contribution in [3.63, 3.8) is 0 Å². The van der Waals surface area contributed by atoms with Gasteiger partial charge in [0.15, 0.2) is 0 Å². The summed E-state index contributed by atoms with van der Waals surface area (Å²) in [6.07, 6.45) is 2.17. The van der Waals surface area contributed by atoms with E-state index in [1.54, 1.807) is 0 Å². The summed E-state index contributed by atoms with van der Waals surface area (Å²) in [5.74, 6) is 0.497. The van der Waals surface area contributed by atoms with Crippen molar-refractivity contribution in [2.45, 2.75) is 60.0 Å². The molecule has 1 aliphatic heterocycles. The fourth-order valence-corrected chi connectivity index (χ4v) is 4.56. The zero-order valence-electron chi connectivity index (χ0n) is 16.6. The standard InChI is InChI=1S/C20H26ClN5O/c1-11(2)10-26-19(21)17(13(4)23-26)15-7-6-8-25(15)16-9-12(3)22-20-18(16)14(5)24-27-20/h9,11,15H,6-8,10H2,1-5H3. The van der Waals surface area contributed by atoms with Crippen molar-refractivity contribution in [3.05, 3.63) is 33.9 Å². The minimum Gasteiger partial charge on any atom is -0.364 e. The Morgan fingerprint density at radius 2 is 2.04 bits per heavy atom. The first-order valence-corrected chi connectivity index (χ1v) is 9.97. The Hall–Kier alpha value is -2.08. The van der Waals surface area contributed by atoms with Crippen LogP contribution in [0.2, 0.25) is 5.15 Å². The average Bonchev–Trinajstić information content (AvgIpc) is 3.26. The number of fused-ring (bicyclic) bond motifs is 1. The van der Waals surface area contributed by atoms with Crippen LogP contribution >= 0.6 is 11.6 Å². The van der Waals surface area contributed by atoms with Gasteiger partial charge < -0.3 is 9.42 Å². The second-order valence-electron chi connectivity index (χ2n) is 7.95. The number of hydrogen-bond acceptors (Lipinski definition) is 5. The second-order valence-corrected chi connectivity index (χ2v) is 8.31. The molecule has 1 saturated heterocycles. The quantitative estimate of drug-likeness (QED) is 0.630. The molecule has 4 heterocycles. The van der Waals surface area contributed by atoms with Gasteiger partial charge in [0.05, 0.1) is 28.5 Å². The third-order valence-corrected chi connectivity index (χ3v) is 5.67. The molecular weight excluding hydrogens is 362 g/mol. The van der Waals surface area contributed by atoms with Crippen LogP contribution in [0.25, 0.3) is 11.1 Å². The number of pyridine rings is 1. The number of aromatic nitrogens is 4. The first-order chi connectivity index (χ1) is 12.9. The van der Waals surface area contributed by atoms with E-state index in [2.05, 4.69) is 41.9 Å². The molecule has 0 spiro atoms. The average molecular weight is 388 g/mol. The van der Waals surface area contributed by atoms with E-state index in [1.807, 2.05) is 18.5 Å². The van der Waals surface area contributed by atoms with Crippen LogP contribution in [0.15, 0.2) is 10.6 Å². The van der Waals surface area contributed by atoms with Crippen LogP contribution in [0.3, 0.4) is 0 Å². The summed E-state index contributed by atoms with van der Waals surface area (Å²) in [5, 5.41) is 10.6. The number of rotatable bonds is 4. The topological polar surface area (TPSA) is 60.0 Å². The van der Waals surface area contributed by atoms with E-state index in [0.717, 1.165) is 64.8 Å². The number of aryl methyl sites for hydroxylation is 3. The smallest absolute Gasteiger partial charge is 0.260 e. The fourth-order valence-electron chi connectivity index (χ4n) is 4.19. The maximum atomic E-state index is 6.80. The molecule has 0 aliphatic carbocycles. The lowest BCUT2D eigenvalue weighted by Gasteiger charge is -2.28. The van der Waals surface area contributed by atoms with Crippen molar-refractivity contribution in [1.82, 2.24) is 19.9 Å². The molecule has 3 aromatic heterocycles. The molecule has 1 unspecified atom stereocenters. The molecule has 0 saturated carbocycles. The minimum atomic E-state index is 0.206. The molecule has 1 fully saturated rings. The predicted molar refractivity (Wildman–Crippen MR) is 107 cm³/mol. The molecule has 27 heavy (non-hydrogen) atoms. The van der Waals surface area contributed by atoms with Gasteiger partial charge in [0, 0.05) is 24.3 Å². The summed E-state index contributed by atoms with van der Waals surface area (Å²) >= 11 is 6.80. The van der Waals surface area contributed by atoms with Gasteiger partial charge in [-0.3, -0.25) is 4.68 Å². The number of anilines is 1. The van der Waals surface area contributed by atoms with E-state index in [-0.39, 0.29) is 6.04 Å². The third-order valence-electron chi connectivity index (χ3n) is 5.27. The first kappa shape index (κ1) is 18.3. The van der Waals surface area contributed by atoms with Gasteiger partial charge in [-0.25, -0.2) is 4.98 Å². The first-order valence-electron chi connectivity index (χ1n) is 9.60. The Balaban J connectivity index is 1.81. The highest BCUT2D eigenvalue weighted by atomic mass is 35.5. The molecule has 0 aromatic carbocycles. The zero-order valence-corrected chi connectivity index (χ0v) is 17.3. The van der Waals surface area contributed by atoms with Crippen LogP contribution in [0.5, 0.6) is 0 Å². The lowest BCUT2D eigenvalue weighted by atomic mass is 10.0. The van der Waals surface area contributed by atoms with E-state index >= 15 is 0 Å². The Morgan fingerprint density at radius 3 is 2.78 bits per heavy atom. The van der Waals surface area contributed by atoms with Crippen LogP contribution in [0.1, 0.15) is 55.4 Å². The highest BCUT2D eigenvalue weighted by molar-refractivity contribution is 6.30. The van der Waals surface area contributed by atoms with Crippen molar-refractivity contribution < 1.29 is 4.52 Å². The van der Waals surface area contributed by atoms with Crippen molar-refractivity contribution >= 4 is 28.4 Å². The van der Waals surface area contributed by atoms with Crippen molar-refractivity contribution in [3.8, 4) is 0 Å². The molecule has 4 rings (SSSR count). The van der Waals surface area contributed by atoms with Crippen LogP contribution in [-0.4, -0.2) is 26.5 Å². The fraction of sp³-hybridized carbons (Fsp3) is 0.550. The monoisotopic (exact) mass is 387 g/mol. The molecule has 7 heteroatoms. The molecule has 0 amide bonds. The Morgan fingerprint density at radius 1 is 1.26 bits per heavy atom. The molecule has 0 N–H and O–H groups in total. The maximum Gasteiger partial charge on any atom is 0.260 e. The largest absolute Gasteiger partial charge is 0.364 e. The van der Waals surface area contributed by atoms with Crippen LogP contribution < -0.4 is 4.90 Å². The molecule has 3 aromatic rings. The van der Waals surface area contributed by atoms with Gasteiger partial charge in [-0.2, -0.15) is 5.10 Å². The molecule has 144 valence electrons. The van der Waals surface area contributed by atoms with Gasteiger partial charge in [-0.1, -0.05) is 30.6 Å². The molecular formula is C20H26ClN5O. The third kappa shape index (κ3) is 3.10. The van der Waals surface area contributed by atoms with Crippen LogP contribution in [0, 0.1) is 26.7 Å². The van der Waals surface area contributed by atoms with E-state index in [9.17, 15) is 0 Å². The highest BCUT2D eigenvalue weighted by Gasteiger charge is 2.33. The van der Waals surface area contributed by atoms with Gasteiger partial charge in [0.1, 0.15) is 5.15 Å². The SMILES string of the molecule is Cc1cc(N2CCCC2c2c(C)nn(CC(C)C)c2Cl)c2c(C)noc2n1. The summed E-state index contributed by atoms with van der Waals surface area (Å²) in [4.78, 5) is 6.93. The Kier molecular flexibility index (Phi) is 4.62. The molecule has 1 aliphatic rings. The molecule has 6 nitrogen and oxygen atoms in total. The van der Waals surface area contributed by atoms with Crippen LogP contribution in [-0.2, 0) is 6.54 Å². The lowest BCUT2D eigenvalue weighted by Crippen LogP contribution is -2.23. The van der Waals surface area contributed by atoms with E-state index in [1.165, 1.54) is 0 Å². The Labute approximate surface area is 164 Å². The van der Waals surface area contributed by atoms with Gasteiger partial charge >= 0.3 is 0 Å². The second kappa shape index (κ2) is 6.82. The minimum absolute atomic E-state index is 0.206. The van der Waals surface area contributed by atoms with E-state index < -0.39 is 0 Å². The molecule has 0 radical (unpaired) electrons. The number of halogens is 1.